The molecule has 0 amide bonds. The maximum absolute atomic E-state index is 12.8. The van der Waals surface area contributed by atoms with Crippen LogP contribution in [0.2, 0.25) is 0 Å². The van der Waals surface area contributed by atoms with Gasteiger partial charge in [-0.15, -0.1) is 24.0 Å². The molecule has 6 nitrogen and oxygen atoms in total. The molecule has 0 aromatic heterocycles. The van der Waals surface area contributed by atoms with Crippen molar-refractivity contribution in [1.29, 1.82) is 0 Å². The van der Waals surface area contributed by atoms with E-state index in [-0.39, 0.29) is 24.0 Å². The molecule has 0 spiro atoms. The van der Waals surface area contributed by atoms with Crippen LogP contribution in [0.4, 0.5) is 5.69 Å². The third-order valence-electron chi connectivity index (χ3n) is 5.86. The Morgan fingerprint density at radius 2 is 1.70 bits per heavy atom. The number of hydrogen-bond acceptors (Lipinski definition) is 3. The number of halogens is 1. The lowest BCUT2D eigenvalue weighted by molar-refractivity contribution is 0.273. The van der Waals surface area contributed by atoms with Crippen LogP contribution in [0.15, 0.2) is 64.5 Å². The molecule has 2 aromatic rings. The highest BCUT2D eigenvalue weighted by molar-refractivity contribution is 14.0. The van der Waals surface area contributed by atoms with E-state index in [0.717, 1.165) is 38.3 Å². The van der Waals surface area contributed by atoms with Gasteiger partial charge in [0.25, 0.3) is 0 Å². The molecule has 2 heterocycles. The van der Waals surface area contributed by atoms with E-state index in [2.05, 4.69) is 39.5 Å². The molecule has 1 fully saturated rings. The topological polar surface area (TPSA) is 65.0 Å². The minimum Gasteiger partial charge on any atom is -0.356 e. The van der Waals surface area contributed by atoms with Crippen molar-refractivity contribution in [3.05, 3.63) is 60.2 Å². The zero-order chi connectivity index (χ0) is 20.3. The first-order chi connectivity index (χ1) is 14.1. The van der Waals surface area contributed by atoms with Gasteiger partial charge in [-0.2, -0.15) is 4.31 Å². The lowest BCUT2D eigenvalue weighted by Crippen LogP contribution is -2.45. The van der Waals surface area contributed by atoms with E-state index in [1.165, 1.54) is 11.3 Å². The number of anilines is 1. The van der Waals surface area contributed by atoms with Crippen LogP contribution in [-0.2, 0) is 16.4 Å². The Bertz CT molecular complexity index is 974. The van der Waals surface area contributed by atoms with Gasteiger partial charge in [-0.1, -0.05) is 36.4 Å². The van der Waals surface area contributed by atoms with Crippen molar-refractivity contribution < 1.29 is 8.42 Å². The number of piperidine rings is 1. The van der Waals surface area contributed by atoms with Gasteiger partial charge in [-0.3, -0.25) is 4.99 Å². The minimum absolute atomic E-state index is 0. The normalized spacial score (nSPS) is 18.0. The first kappa shape index (κ1) is 23.0. The predicted molar refractivity (Wildman–Crippen MR) is 132 cm³/mol. The number of sulfonamides is 1. The smallest absolute Gasteiger partial charge is 0.243 e. The van der Waals surface area contributed by atoms with Crippen molar-refractivity contribution in [2.45, 2.75) is 24.2 Å². The number of para-hydroxylation sites is 1. The zero-order valence-corrected chi connectivity index (χ0v) is 20.3. The van der Waals surface area contributed by atoms with Crippen LogP contribution in [0.25, 0.3) is 0 Å². The zero-order valence-electron chi connectivity index (χ0n) is 17.2. The molecule has 2 aliphatic rings. The van der Waals surface area contributed by atoms with E-state index in [0.29, 0.717) is 23.9 Å². The van der Waals surface area contributed by atoms with Crippen molar-refractivity contribution in [2.24, 2.45) is 10.9 Å². The number of nitrogens with zero attached hydrogens (tertiary/aromatic N) is 3. The molecule has 0 radical (unpaired) electrons. The van der Waals surface area contributed by atoms with Gasteiger partial charge in [0, 0.05) is 38.9 Å². The van der Waals surface area contributed by atoms with Crippen molar-refractivity contribution in [1.82, 2.24) is 9.62 Å². The van der Waals surface area contributed by atoms with Crippen molar-refractivity contribution >= 4 is 45.6 Å². The number of benzene rings is 2. The molecule has 8 heteroatoms. The Labute approximate surface area is 196 Å². The van der Waals surface area contributed by atoms with Crippen LogP contribution in [0.5, 0.6) is 0 Å². The quantitative estimate of drug-likeness (QED) is 0.367. The van der Waals surface area contributed by atoms with Crippen LogP contribution >= 0.6 is 24.0 Å². The second-order valence-corrected chi connectivity index (χ2v) is 9.56. The van der Waals surface area contributed by atoms with Gasteiger partial charge in [0.1, 0.15) is 0 Å². The molecule has 162 valence electrons. The maximum atomic E-state index is 12.8. The largest absolute Gasteiger partial charge is 0.356 e. The molecule has 2 aromatic carbocycles. The van der Waals surface area contributed by atoms with Crippen LogP contribution in [0, 0.1) is 5.92 Å². The second kappa shape index (κ2) is 10.1. The number of aliphatic imine (C=N–C) groups is 1. The Morgan fingerprint density at radius 1 is 1.03 bits per heavy atom. The van der Waals surface area contributed by atoms with E-state index in [4.69, 9.17) is 0 Å². The molecule has 4 rings (SSSR count). The Kier molecular flexibility index (Phi) is 7.75. The average Bonchev–Trinajstić information content (AvgIpc) is 3.19. The molecule has 1 saturated heterocycles. The fourth-order valence-corrected chi connectivity index (χ4v) is 5.68. The Morgan fingerprint density at radius 3 is 2.40 bits per heavy atom. The van der Waals surface area contributed by atoms with E-state index in [1.807, 2.05) is 13.1 Å². The highest BCUT2D eigenvalue weighted by Crippen LogP contribution is 2.28. The van der Waals surface area contributed by atoms with Crippen LogP contribution in [0.3, 0.4) is 0 Å². The van der Waals surface area contributed by atoms with Gasteiger partial charge in [-0.05, 0) is 48.9 Å². The third-order valence-corrected chi connectivity index (χ3v) is 7.77. The Hall–Kier alpha value is -1.65. The molecule has 0 bridgehead atoms. The van der Waals surface area contributed by atoms with Gasteiger partial charge < -0.3 is 10.2 Å². The summed E-state index contributed by atoms with van der Waals surface area (Å²) in [6, 6.07) is 17.2. The predicted octanol–water partition coefficient (Wildman–Crippen LogP) is 3.34. The number of hydrogen-bond donors (Lipinski definition) is 1. The molecule has 1 N–H and O–H groups in total. The summed E-state index contributed by atoms with van der Waals surface area (Å²) >= 11 is 0. The fourth-order valence-electron chi connectivity index (χ4n) is 4.18. The summed E-state index contributed by atoms with van der Waals surface area (Å²) in [6.07, 6.45) is 2.74. The number of nitrogens with one attached hydrogen (secondary N) is 1. The molecule has 0 atom stereocenters. The molecule has 2 aliphatic heterocycles. The van der Waals surface area contributed by atoms with Gasteiger partial charge in [0.15, 0.2) is 5.96 Å². The molecule has 0 unspecified atom stereocenters. The Balaban J connectivity index is 0.00000256. The van der Waals surface area contributed by atoms with Gasteiger partial charge in [0.05, 0.1) is 4.90 Å². The van der Waals surface area contributed by atoms with Crippen molar-refractivity contribution in [3.8, 4) is 0 Å². The lowest BCUT2D eigenvalue weighted by Gasteiger charge is -2.32. The summed E-state index contributed by atoms with van der Waals surface area (Å²) < 4.78 is 27.2. The molecule has 0 aliphatic carbocycles. The lowest BCUT2D eigenvalue weighted by atomic mass is 9.98. The summed E-state index contributed by atoms with van der Waals surface area (Å²) in [5.74, 6) is 1.33. The van der Waals surface area contributed by atoms with Crippen LogP contribution in [0.1, 0.15) is 18.4 Å². The van der Waals surface area contributed by atoms with E-state index in [1.54, 1.807) is 28.6 Å². The van der Waals surface area contributed by atoms with Gasteiger partial charge in [-0.25, -0.2) is 8.42 Å². The van der Waals surface area contributed by atoms with Crippen LogP contribution in [-0.4, -0.2) is 51.9 Å². The van der Waals surface area contributed by atoms with E-state index >= 15 is 0 Å². The fraction of sp³-hybridized carbons (Fsp3) is 0.409. The molecular formula is C22H29IN4O2S. The summed E-state index contributed by atoms with van der Waals surface area (Å²) in [4.78, 5) is 7.09. The van der Waals surface area contributed by atoms with Gasteiger partial charge >= 0.3 is 0 Å². The van der Waals surface area contributed by atoms with Gasteiger partial charge in [0.2, 0.25) is 10.0 Å². The average molecular weight is 540 g/mol. The monoisotopic (exact) mass is 540 g/mol. The highest BCUT2D eigenvalue weighted by atomic mass is 127. The van der Waals surface area contributed by atoms with Crippen molar-refractivity contribution in [3.63, 3.8) is 0 Å². The summed E-state index contributed by atoms with van der Waals surface area (Å²) in [5.41, 5.74) is 2.58. The van der Waals surface area contributed by atoms with E-state index < -0.39 is 10.0 Å². The maximum Gasteiger partial charge on any atom is 0.243 e. The first-order valence-corrected chi connectivity index (χ1v) is 11.6. The SMILES string of the molecule is CN=C(NCC1CCN(S(=O)(=O)c2ccccc2)CC1)N1CCc2ccccc21.I. The second-order valence-electron chi connectivity index (χ2n) is 7.62. The summed E-state index contributed by atoms with van der Waals surface area (Å²) in [7, 11) is -1.57. The molecular weight excluding hydrogens is 511 g/mol. The standard InChI is InChI=1S/C22H28N4O2S.HI/c1-23-22(26-16-13-19-7-5-6-10-21(19)26)24-17-18-11-14-25(15-12-18)29(27,28)20-8-3-2-4-9-20;/h2-10,18H,11-17H2,1H3,(H,23,24);1H. The summed E-state index contributed by atoms with van der Waals surface area (Å²) in [5, 5.41) is 3.52. The first-order valence-electron chi connectivity index (χ1n) is 10.2. The third kappa shape index (κ3) is 4.81. The van der Waals surface area contributed by atoms with Crippen LogP contribution < -0.4 is 10.2 Å². The number of fused-ring (bicyclic) bond motifs is 1. The highest BCUT2D eigenvalue weighted by Gasteiger charge is 2.30. The number of guanidine groups is 1. The molecule has 0 saturated carbocycles. The van der Waals surface area contributed by atoms with Crippen molar-refractivity contribution in [2.75, 3.05) is 38.1 Å². The minimum atomic E-state index is -3.39. The number of rotatable bonds is 4. The van der Waals surface area contributed by atoms with E-state index in [9.17, 15) is 8.42 Å². The molecule has 30 heavy (non-hydrogen) atoms. The summed E-state index contributed by atoms with van der Waals surface area (Å²) in [6.45, 7) is 2.88.